The van der Waals surface area contributed by atoms with Crippen molar-refractivity contribution < 1.29 is 15.3 Å². The summed E-state index contributed by atoms with van der Waals surface area (Å²) in [5.74, 6) is 0.00648. The molecule has 2 saturated carbocycles. The number of aliphatic hydroxyl groups is 3. The van der Waals surface area contributed by atoms with E-state index < -0.39 is 11.7 Å². The Bertz CT molecular complexity index is 253. The van der Waals surface area contributed by atoms with Crippen LogP contribution in [0, 0.1) is 17.8 Å². The minimum atomic E-state index is -0.728. The van der Waals surface area contributed by atoms with Crippen LogP contribution in [0.4, 0.5) is 0 Å². The highest BCUT2D eigenvalue weighted by molar-refractivity contribution is 5.09. The highest BCUT2D eigenvalue weighted by atomic mass is 16.3. The van der Waals surface area contributed by atoms with Gasteiger partial charge in [-0.1, -0.05) is 6.08 Å². The van der Waals surface area contributed by atoms with E-state index in [0.717, 1.165) is 12.8 Å². The second-order valence-corrected chi connectivity index (χ2v) is 4.97. The molecule has 0 bridgehead atoms. The molecule has 2 rings (SSSR count). The SMILES string of the molecule is C=C[C@@H]1CC[C@H]2[C@H](CO)[C@H](O)CC[C@]12O. The van der Waals surface area contributed by atoms with Gasteiger partial charge in [0.2, 0.25) is 0 Å². The largest absolute Gasteiger partial charge is 0.396 e. The summed E-state index contributed by atoms with van der Waals surface area (Å²) >= 11 is 0. The summed E-state index contributed by atoms with van der Waals surface area (Å²) in [6.45, 7) is 3.73. The first-order chi connectivity index (χ1) is 7.13. The molecule has 2 aliphatic rings. The van der Waals surface area contributed by atoms with Gasteiger partial charge in [-0.2, -0.15) is 0 Å². The second-order valence-electron chi connectivity index (χ2n) is 4.97. The molecule has 0 heterocycles. The van der Waals surface area contributed by atoms with Gasteiger partial charge in [-0.15, -0.1) is 6.58 Å². The van der Waals surface area contributed by atoms with Crippen LogP contribution in [0.25, 0.3) is 0 Å². The van der Waals surface area contributed by atoms with Crippen LogP contribution < -0.4 is 0 Å². The fourth-order valence-electron chi connectivity index (χ4n) is 3.52. The Balaban J connectivity index is 2.24. The van der Waals surface area contributed by atoms with Gasteiger partial charge in [0.1, 0.15) is 0 Å². The van der Waals surface area contributed by atoms with Crippen molar-refractivity contribution in [2.45, 2.75) is 37.4 Å². The van der Waals surface area contributed by atoms with Crippen LogP contribution in [0.15, 0.2) is 12.7 Å². The zero-order valence-electron chi connectivity index (χ0n) is 8.97. The molecule has 0 aromatic rings. The fraction of sp³-hybridized carbons (Fsp3) is 0.833. The van der Waals surface area contributed by atoms with Crippen LogP contribution in [0.2, 0.25) is 0 Å². The van der Waals surface area contributed by atoms with Crippen LogP contribution in [0.1, 0.15) is 25.7 Å². The van der Waals surface area contributed by atoms with E-state index in [1.165, 1.54) is 0 Å². The summed E-state index contributed by atoms with van der Waals surface area (Å²) < 4.78 is 0. The zero-order chi connectivity index (χ0) is 11.1. The molecule has 5 atom stereocenters. The maximum atomic E-state index is 10.6. The fourth-order valence-corrected chi connectivity index (χ4v) is 3.52. The lowest BCUT2D eigenvalue weighted by atomic mass is 9.67. The van der Waals surface area contributed by atoms with Gasteiger partial charge in [-0.25, -0.2) is 0 Å². The highest BCUT2D eigenvalue weighted by Crippen LogP contribution is 2.51. The topological polar surface area (TPSA) is 60.7 Å². The average Bonchev–Trinajstić information content (AvgIpc) is 2.56. The van der Waals surface area contributed by atoms with Crippen molar-refractivity contribution in [1.82, 2.24) is 0 Å². The van der Waals surface area contributed by atoms with Crippen molar-refractivity contribution in [3.8, 4) is 0 Å². The molecule has 0 amide bonds. The van der Waals surface area contributed by atoms with E-state index in [4.69, 9.17) is 0 Å². The monoisotopic (exact) mass is 212 g/mol. The number of hydrogen-bond donors (Lipinski definition) is 3. The minimum Gasteiger partial charge on any atom is -0.396 e. The van der Waals surface area contributed by atoms with Gasteiger partial charge in [0.15, 0.2) is 0 Å². The normalized spacial score (nSPS) is 50.1. The van der Waals surface area contributed by atoms with Gasteiger partial charge >= 0.3 is 0 Å². The Morgan fingerprint density at radius 3 is 2.67 bits per heavy atom. The number of fused-ring (bicyclic) bond motifs is 1. The lowest BCUT2D eigenvalue weighted by Crippen LogP contribution is -2.51. The lowest BCUT2D eigenvalue weighted by Gasteiger charge is -2.44. The molecule has 15 heavy (non-hydrogen) atoms. The van der Waals surface area contributed by atoms with Crippen molar-refractivity contribution in [1.29, 1.82) is 0 Å². The molecule has 3 N–H and O–H groups in total. The van der Waals surface area contributed by atoms with Gasteiger partial charge in [-0.3, -0.25) is 0 Å². The van der Waals surface area contributed by atoms with Crippen molar-refractivity contribution in [3.63, 3.8) is 0 Å². The van der Waals surface area contributed by atoms with Gasteiger partial charge < -0.3 is 15.3 Å². The Morgan fingerprint density at radius 1 is 1.33 bits per heavy atom. The molecule has 0 saturated heterocycles. The van der Waals surface area contributed by atoms with Crippen molar-refractivity contribution in [2.75, 3.05) is 6.61 Å². The van der Waals surface area contributed by atoms with Crippen molar-refractivity contribution in [3.05, 3.63) is 12.7 Å². The number of rotatable bonds is 2. The van der Waals surface area contributed by atoms with Crippen molar-refractivity contribution >= 4 is 0 Å². The molecule has 0 aliphatic heterocycles. The molecule has 0 radical (unpaired) electrons. The Kier molecular flexibility index (Phi) is 2.88. The number of hydrogen-bond acceptors (Lipinski definition) is 3. The third kappa shape index (κ3) is 1.53. The molecule has 86 valence electrons. The smallest absolute Gasteiger partial charge is 0.0743 e. The predicted molar refractivity (Wildman–Crippen MR) is 57.2 cm³/mol. The summed E-state index contributed by atoms with van der Waals surface area (Å²) in [5, 5.41) is 29.7. The zero-order valence-corrected chi connectivity index (χ0v) is 8.97. The molecule has 0 aromatic heterocycles. The first-order valence-electron chi connectivity index (χ1n) is 5.77. The Labute approximate surface area is 90.4 Å². The van der Waals surface area contributed by atoms with E-state index in [1.807, 2.05) is 6.08 Å². The molecular formula is C12H20O3. The van der Waals surface area contributed by atoms with Gasteiger partial charge in [0.05, 0.1) is 11.7 Å². The van der Waals surface area contributed by atoms with Gasteiger partial charge in [0, 0.05) is 18.4 Å². The number of aliphatic hydroxyl groups excluding tert-OH is 2. The molecule has 0 spiro atoms. The average molecular weight is 212 g/mol. The van der Waals surface area contributed by atoms with Crippen LogP contribution >= 0.6 is 0 Å². The summed E-state index contributed by atoms with van der Waals surface area (Å²) in [6.07, 6.45) is 4.40. The van der Waals surface area contributed by atoms with E-state index >= 15 is 0 Å². The van der Waals surface area contributed by atoms with Gasteiger partial charge in [0.25, 0.3) is 0 Å². The summed E-state index contributed by atoms with van der Waals surface area (Å²) in [5.41, 5.74) is -0.728. The van der Waals surface area contributed by atoms with E-state index in [0.29, 0.717) is 12.8 Å². The molecule has 0 unspecified atom stereocenters. The Hall–Kier alpha value is -0.380. The first kappa shape index (κ1) is 11.1. The molecule has 0 aromatic carbocycles. The minimum absolute atomic E-state index is 0.0298. The first-order valence-corrected chi connectivity index (χ1v) is 5.77. The maximum Gasteiger partial charge on any atom is 0.0743 e. The molecule has 3 nitrogen and oxygen atoms in total. The van der Waals surface area contributed by atoms with Crippen LogP contribution in [0.3, 0.4) is 0 Å². The van der Waals surface area contributed by atoms with Crippen molar-refractivity contribution in [2.24, 2.45) is 17.8 Å². The molecular weight excluding hydrogens is 192 g/mol. The predicted octanol–water partition coefficient (Wildman–Crippen LogP) is 0.693. The Morgan fingerprint density at radius 2 is 2.07 bits per heavy atom. The maximum absolute atomic E-state index is 10.6. The lowest BCUT2D eigenvalue weighted by molar-refractivity contribution is -0.123. The van der Waals surface area contributed by atoms with Crippen LogP contribution in [-0.2, 0) is 0 Å². The quantitative estimate of drug-likeness (QED) is 0.590. The van der Waals surface area contributed by atoms with Gasteiger partial charge in [-0.05, 0) is 31.6 Å². The summed E-state index contributed by atoms with van der Waals surface area (Å²) in [4.78, 5) is 0. The standard InChI is InChI=1S/C12H20O3/c1-2-8-3-4-10-9(7-13)11(14)5-6-12(8,10)15/h2,8-11,13-15H,1,3-7H2/t8-,9+,10+,11-,12+/m1/s1. The van der Waals surface area contributed by atoms with E-state index in [9.17, 15) is 15.3 Å². The molecule has 2 fully saturated rings. The third-order valence-electron chi connectivity index (χ3n) is 4.42. The van der Waals surface area contributed by atoms with E-state index in [2.05, 4.69) is 6.58 Å². The summed E-state index contributed by atoms with van der Waals surface area (Å²) in [7, 11) is 0. The van der Waals surface area contributed by atoms with E-state index in [-0.39, 0.29) is 24.4 Å². The highest BCUT2D eigenvalue weighted by Gasteiger charge is 2.54. The van der Waals surface area contributed by atoms with Crippen LogP contribution in [0.5, 0.6) is 0 Å². The third-order valence-corrected chi connectivity index (χ3v) is 4.42. The summed E-state index contributed by atoms with van der Waals surface area (Å²) in [6, 6.07) is 0. The molecule has 3 heteroatoms. The van der Waals surface area contributed by atoms with Crippen LogP contribution in [-0.4, -0.2) is 33.6 Å². The molecule has 2 aliphatic carbocycles. The van der Waals surface area contributed by atoms with E-state index in [1.54, 1.807) is 0 Å². The second kappa shape index (κ2) is 3.89.